The molecule has 0 saturated heterocycles. The summed E-state index contributed by atoms with van der Waals surface area (Å²) in [5.41, 5.74) is 0.476. The molecule has 14 heavy (non-hydrogen) atoms. The first-order chi connectivity index (χ1) is 6.43. The van der Waals surface area contributed by atoms with Gasteiger partial charge in [-0.15, -0.1) is 0 Å². The maximum absolute atomic E-state index is 10.5. The lowest BCUT2D eigenvalue weighted by Crippen LogP contribution is -2.09. The molecule has 1 aromatic carbocycles. The molecule has 1 rings (SSSR count). The molecule has 0 bridgehead atoms. The molecule has 0 atom stereocenters. The summed E-state index contributed by atoms with van der Waals surface area (Å²) in [5.74, 6) is 0. The number of hydrogen-bond acceptors (Lipinski definition) is 3. The van der Waals surface area contributed by atoms with Crippen molar-refractivity contribution in [2.75, 3.05) is 19.0 Å². The van der Waals surface area contributed by atoms with Gasteiger partial charge in [0.25, 0.3) is 5.69 Å². The van der Waals surface area contributed by atoms with E-state index >= 15 is 0 Å². The van der Waals surface area contributed by atoms with Crippen LogP contribution < -0.4 is 4.90 Å². The zero-order chi connectivity index (χ0) is 10.9. The van der Waals surface area contributed by atoms with E-state index in [-0.39, 0.29) is 10.7 Å². The number of nitro benzene ring substituents is 1. The lowest BCUT2D eigenvalue weighted by molar-refractivity contribution is -0.384. The van der Waals surface area contributed by atoms with Gasteiger partial charge < -0.3 is 4.90 Å². The molecular formula is C8H8Cl2N2O2. The van der Waals surface area contributed by atoms with Crippen molar-refractivity contribution in [3.05, 3.63) is 32.3 Å². The minimum absolute atomic E-state index is 0.0862. The Balaban J connectivity index is 3.31. The van der Waals surface area contributed by atoms with Crippen LogP contribution in [0.1, 0.15) is 0 Å². The fourth-order valence-corrected chi connectivity index (χ4v) is 1.56. The number of halogens is 2. The highest BCUT2D eigenvalue weighted by Gasteiger charge is 2.16. The van der Waals surface area contributed by atoms with Crippen LogP contribution in [0, 0.1) is 10.1 Å². The molecule has 0 spiro atoms. The zero-order valence-corrected chi connectivity index (χ0v) is 9.13. The van der Waals surface area contributed by atoms with E-state index in [4.69, 9.17) is 23.2 Å². The third-order valence-electron chi connectivity index (χ3n) is 1.69. The molecular weight excluding hydrogens is 227 g/mol. The van der Waals surface area contributed by atoms with Crippen LogP contribution in [0.15, 0.2) is 12.1 Å². The highest BCUT2D eigenvalue weighted by Crippen LogP contribution is 2.34. The fourth-order valence-electron chi connectivity index (χ4n) is 1.01. The first-order valence-electron chi connectivity index (χ1n) is 3.74. The Kier molecular flexibility index (Phi) is 3.18. The SMILES string of the molecule is CN(C)c1cc(Cl)c([N+](=O)[O-])cc1Cl. The van der Waals surface area contributed by atoms with E-state index in [9.17, 15) is 10.1 Å². The van der Waals surface area contributed by atoms with Gasteiger partial charge in [-0.25, -0.2) is 0 Å². The van der Waals surface area contributed by atoms with E-state index in [1.54, 1.807) is 19.0 Å². The largest absolute Gasteiger partial charge is 0.376 e. The molecule has 0 amide bonds. The molecule has 0 aromatic heterocycles. The van der Waals surface area contributed by atoms with Crippen LogP contribution in [-0.4, -0.2) is 19.0 Å². The van der Waals surface area contributed by atoms with Crippen molar-refractivity contribution in [3.63, 3.8) is 0 Å². The van der Waals surface area contributed by atoms with Gasteiger partial charge in [0.05, 0.1) is 15.6 Å². The van der Waals surface area contributed by atoms with Crippen molar-refractivity contribution in [1.82, 2.24) is 0 Å². The van der Waals surface area contributed by atoms with Crippen LogP contribution in [0.3, 0.4) is 0 Å². The van der Waals surface area contributed by atoms with Crippen molar-refractivity contribution in [2.24, 2.45) is 0 Å². The van der Waals surface area contributed by atoms with Gasteiger partial charge in [-0.2, -0.15) is 0 Å². The van der Waals surface area contributed by atoms with Gasteiger partial charge >= 0.3 is 0 Å². The van der Waals surface area contributed by atoms with Gasteiger partial charge in [0.1, 0.15) is 5.02 Å². The summed E-state index contributed by atoms with van der Waals surface area (Å²) in [4.78, 5) is 11.7. The minimum atomic E-state index is -0.562. The quantitative estimate of drug-likeness (QED) is 0.584. The van der Waals surface area contributed by atoms with Crippen molar-refractivity contribution in [1.29, 1.82) is 0 Å². The van der Waals surface area contributed by atoms with Gasteiger partial charge in [-0.3, -0.25) is 10.1 Å². The highest BCUT2D eigenvalue weighted by molar-refractivity contribution is 6.36. The normalized spacial score (nSPS) is 10.0. The number of anilines is 1. The molecule has 6 heteroatoms. The third kappa shape index (κ3) is 2.08. The predicted octanol–water partition coefficient (Wildman–Crippen LogP) is 2.97. The van der Waals surface area contributed by atoms with Gasteiger partial charge in [-0.05, 0) is 6.07 Å². The molecule has 0 saturated carbocycles. The number of benzene rings is 1. The van der Waals surface area contributed by atoms with Gasteiger partial charge in [0, 0.05) is 20.2 Å². The Morgan fingerprint density at radius 1 is 1.29 bits per heavy atom. The van der Waals surface area contributed by atoms with Crippen molar-refractivity contribution in [2.45, 2.75) is 0 Å². The topological polar surface area (TPSA) is 46.4 Å². The van der Waals surface area contributed by atoms with Gasteiger partial charge in [0.15, 0.2) is 0 Å². The smallest absolute Gasteiger partial charge is 0.289 e. The first-order valence-corrected chi connectivity index (χ1v) is 4.50. The average molecular weight is 235 g/mol. The third-order valence-corrected chi connectivity index (χ3v) is 2.30. The lowest BCUT2D eigenvalue weighted by atomic mass is 10.2. The Morgan fingerprint density at radius 2 is 1.86 bits per heavy atom. The summed E-state index contributed by atoms with van der Waals surface area (Å²) in [5, 5.41) is 10.9. The van der Waals surface area contributed by atoms with Crippen molar-refractivity contribution < 1.29 is 4.92 Å². The fraction of sp³-hybridized carbons (Fsp3) is 0.250. The summed E-state index contributed by atoms with van der Waals surface area (Å²) in [6.45, 7) is 0. The van der Waals surface area contributed by atoms with Gasteiger partial charge in [0.2, 0.25) is 0 Å². The molecule has 0 aliphatic carbocycles. The Morgan fingerprint density at radius 3 is 2.29 bits per heavy atom. The van der Waals surface area contributed by atoms with E-state index in [0.29, 0.717) is 10.7 Å². The monoisotopic (exact) mass is 234 g/mol. The van der Waals surface area contributed by atoms with E-state index in [1.807, 2.05) is 0 Å². The van der Waals surface area contributed by atoms with E-state index in [1.165, 1.54) is 12.1 Å². The molecule has 0 heterocycles. The Bertz CT molecular complexity index is 380. The number of nitro groups is 1. The molecule has 0 aliphatic heterocycles. The van der Waals surface area contributed by atoms with Crippen LogP contribution in [0.4, 0.5) is 11.4 Å². The summed E-state index contributed by atoms with van der Waals surface area (Å²) in [6.07, 6.45) is 0. The molecule has 0 fully saturated rings. The van der Waals surface area contributed by atoms with E-state index in [2.05, 4.69) is 0 Å². The lowest BCUT2D eigenvalue weighted by Gasteiger charge is -2.14. The predicted molar refractivity (Wildman–Crippen MR) is 57.4 cm³/mol. The minimum Gasteiger partial charge on any atom is -0.376 e. The molecule has 4 nitrogen and oxygen atoms in total. The molecule has 1 aromatic rings. The second kappa shape index (κ2) is 4.02. The summed E-state index contributed by atoms with van der Waals surface area (Å²) < 4.78 is 0. The summed E-state index contributed by atoms with van der Waals surface area (Å²) in [7, 11) is 3.56. The summed E-state index contributed by atoms with van der Waals surface area (Å²) in [6, 6.07) is 2.72. The maximum atomic E-state index is 10.5. The molecule has 76 valence electrons. The van der Waals surface area contributed by atoms with Crippen molar-refractivity contribution in [3.8, 4) is 0 Å². The van der Waals surface area contributed by atoms with Crippen LogP contribution >= 0.6 is 23.2 Å². The van der Waals surface area contributed by atoms with Gasteiger partial charge in [-0.1, -0.05) is 23.2 Å². The number of rotatable bonds is 2. The Hall–Kier alpha value is -1.00. The molecule has 0 radical (unpaired) electrons. The standard InChI is InChI=1S/C8H8Cl2N2O2/c1-11(2)7-3-6(10)8(12(13)14)4-5(7)9/h3-4H,1-2H3. The Labute approximate surface area is 91.2 Å². The second-order valence-electron chi connectivity index (χ2n) is 2.91. The molecule has 0 aliphatic rings. The van der Waals surface area contributed by atoms with E-state index in [0.717, 1.165) is 0 Å². The van der Waals surface area contributed by atoms with Crippen LogP contribution in [0.25, 0.3) is 0 Å². The van der Waals surface area contributed by atoms with Crippen LogP contribution in [0.2, 0.25) is 10.0 Å². The zero-order valence-electron chi connectivity index (χ0n) is 7.62. The van der Waals surface area contributed by atoms with E-state index < -0.39 is 4.92 Å². The highest BCUT2D eigenvalue weighted by atomic mass is 35.5. The molecule has 0 unspecified atom stereocenters. The summed E-state index contributed by atoms with van der Waals surface area (Å²) >= 11 is 11.5. The van der Waals surface area contributed by atoms with Crippen molar-refractivity contribution >= 4 is 34.6 Å². The van der Waals surface area contributed by atoms with Crippen LogP contribution in [-0.2, 0) is 0 Å². The van der Waals surface area contributed by atoms with Crippen LogP contribution in [0.5, 0.6) is 0 Å². The number of nitrogens with zero attached hydrogens (tertiary/aromatic N) is 2. The first kappa shape index (κ1) is 11.1. The maximum Gasteiger partial charge on any atom is 0.289 e. The average Bonchev–Trinajstić information content (AvgIpc) is 2.07. The number of hydrogen-bond donors (Lipinski definition) is 0. The second-order valence-corrected chi connectivity index (χ2v) is 3.72. The molecule has 0 N–H and O–H groups in total.